The summed E-state index contributed by atoms with van der Waals surface area (Å²) in [5.41, 5.74) is 6.31. The lowest BCUT2D eigenvalue weighted by atomic mass is 9.61. The lowest BCUT2D eigenvalue weighted by molar-refractivity contribution is -0.123. The molecule has 0 aliphatic carbocycles. The second-order valence-electron chi connectivity index (χ2n) is 9.81. The molecular formula is C27H29N5O2. The van der Waals surface area contributed by atoms with Crippen LogP contribution in [0.4, 0.5) is 0 Å². The van der Waals surface area contributed by atoms with E-state index in [1.165, 1.54) is 0 Å². The number of amides is 1. The highest BCUT2D eigenvalue weighted by molar-refractivity contribution is 6.00. The summed E-state index contributed by atoms with van der Waals surface area (Å²) in [4.78, 5) is 18.1. The number of aryl methyl sites for hydroxylation is 1. The molecule has 2 aromatic rings. The molecule has 0 bridgehead atoms. The predicted molar refractivity (Wildman–Crippen MR) is 129 cm³/mol. The van der Waals surface area contributed by atoms with Crippen molar-refractivity contribution in [1.82, 2.24) is 15.6 Å². The van der Waals surface area contributed by atoms with Gasteiger partial charge in [-0.25, -0.2) is 0 Å². The standard InChI is InChI=1S/C27H29N5O2/c1-3-27(19-7-4-6-18(12-19)20-8-10-28-14-17(20)2)21-15-29-32-24(21)30-22-13-26(9-5-11-34-16-26)31-25(33)23(22)27/h4,6-8,10,12,14-15,24,30H,3,5,9,11,13,16H2,1-2H3,(H,31,33)/t24?,26-,27+/m1/s1. The number of fused-ring (bicyclic) bond motifs is 1. The van der Waals surface area contributed by atoms with Crippen LogP contribution in [0.3, 0.4) is 0 Å². The third-order valence-corrected chi connectivity index (χ3v) is 7.87. The highest BCUT2D eigenvalue weighted by Crippen LogP contribution is 2.52. The van der Waals surface area contributed by atoms with Gasteiger partial charge in [-0.3, -0.25) is 9.78 Å². The van der Waals surface area contributed by atoms with Crippen LogP contribution in [0.15, 0.2) is 76.0 Å². The normalized spacial score (nSPS) is 29.9. The molecule has 34 heavy (non-hydrogen) atoms. The fourth-order valence-corrected chi connectivity index (χ4v) is 6.28. The Morgan fingerprint density at radius 3 is 2.97 bits per heavy atom. The number of carbonyl (C=O) groups excluding carboxylic acids is 1. The molecule has 7 heteroatoms. The molecule has 3 atom stereocenters. The zero-order valence-corrected chi connectivity index (χ0v) is 19.6. The first-order valence-corrected chi connectivity index (χ1v) is 12.1. The monoisotopic (exact) mass is 455 g/mol. The maximum absolute atomic E-state index is 13.9. The van der Waals surface area contributed by atoms with E-state index >= 15 is 0 Å². The molecule has 2 N–H and O–H groups in total. The fourth-order valence-electron chi connectivity index (χ4n) is 6.28. The largest absolute Gasteiger partial charge is 0.379 e. The van der Waals surface area contributed by atoms with Gasteiger partial charge in [0.2, 0.25) is 0 Å². The number of nitrogens with zero attached hydrogens (tertiary/aromatic N) is 3. The second kappa shape index (κ2) is 7.87. The lowest BCUT2D eigenvalue weighted by Gasteiger charge is -2.50. The Morgan fingerprint density at radius 2 is 2.18 bits per heavy atom. The number of benzene rings is 1. The maximum atomic E-state index is 13.9. The van der Waals surface area contributed by atoms with Gasteiger partial charge in [-0.15, -0.1) is 0 Å². The molecule has 1 aromatic heterocycles. The van der Waals surface area contributed by atoms with Gasteiger partial charge in [-0.2, -0.15) is 10.2 Å². The van der Waals surface area contributed by atoms with E-state index in [-0.39, 0.29) is 17.6 Å². The van der Waals surface area contributed by atoms with Crippen molar-refractivity contribution in [3.05, 3.63) is 76.9 Å². The maximum Gasteiger partial charge on any atom is 0.250 e. The van der Waals surface area contributed by atoms with Gasteiger partial charge in [0, 0.05) is 36.7 Å². The molecule has 0 radical (unpaired) electrons. The Bertz CT molecular complexity index is 1260. The molecule has 0 saturated carbocycles. The zero-order valence-electron chi connectivity index (χ0n) is 19.6. The molecule has 1 saturated heterocycles. The van der Waals surface area contributed by atoms with E-state index in [2.05, 4.69) is 64.0 Å². The quantitative estimate of drug-likeness (QED) is 0.722. The van der Waals surface area contributed by atoms with Crippen molar-refractivity contribution in [2.24, 2.45) is 10.2 Å². The Labute approximate surface area is 199 Å². The number of hydrogen-bond donors (Lipinski definition) is 2. The summed E-state index contributed by atoms with van der Waals surface area (Å²) in [6.45, 7) is 5.52. The van der Waals surface area contributed by atoms with Gasteiger partial charge >= 0.3 is 0 Å². The molecule has 174 valence electrons. The zero-order chi connectivity index (χ0) is 23.3. The van der Waals surface area contributed by atoms with Gasteiger partial charge in [0.25, 0.3) is 5.91 Å². The molecule has 6 rings (SSSR count). The van der Waals surface area contributed by atoms with Crippen LogP contribution in [-0.2, 0) is 14.9 Å². The molecule has 1 fully saturated rings. The van der Waals surface area contributed by atoms with Crippen molar-refractivity contribution in [2.75, 3.05) is 13.2 Å². The van der Waals surface area contributed by atoms with Gasteiger partial charge in [-0.05, 0) is 60.6 Å². The van der Waals surface area contributed by atoms with Crippen LogP contribution in [0.1, 0.15) is 43.7 Å². The van der Waals surface area contributed by atoms with Gasteiger partial charge in [0.05, 0.1) is 29.3 Å². The molecule has 5 heterocycles. The SMILES string of the molecule is CC[C@]1(c2cccc(-c3ccncc3C)c2)C2=CN=NC2NC2=C1C(=O)N[C@]1(CCCOC1)C2. The first-order valence-electron chi connectivity index (χ1n) is 12.1. The third-order valence-electron chi connectivity index (χ3n) is 7.87. The number of azo groups is 1. The number of carbonyl (C=O) groups is 1. The summed E-state index contributed by atoms with van der Waals surface area (Å²) in [7, 11) is 0. The lowest BCUT2D eigenvalue weighted by Crippen LogP contribution is -2.62. The highest BCUT2D eigenvalue weighted by atomic mass is 16.5. The van der Waals surface area contributed by atoms with Crippen molar-refractivity contribution in [2.45, 2.75) is 56.7 Å². The minimum atomic E-state index is -0.604. The van der Waals surface area contributed by atoms with Gasteiger partial charge in [-0.1, -0.05) is 25.1 Å². The Balaban J connectivity index is 1.53. The van der Waals surface area contributed by atoms with Gasteiger partial charge in [0.15, 0.2) is 6.17 Å². The smallest absolute Gasteiger partial charge is 0.250 e. The number of aromatic nitrogens is 1. The summed E-state index contributed by atoms with van der Waals surface area (Å²) in [6, 6.07) is 10.6. The average Bonchev–Trinajstić information content (AvgIpc) is 3.32. The van der Waals surface area contributed by atoms with E-state index in [9.17, 15) is 4.79 Å². The molecule has 1 amide bonds. The number of ether oxygens (including phenoxy) is 1. The minimum absolute atomic E-state index is 0.0159. The fraction of sp³-hybridized carbons (Fsp3) is 0.407. The third kappa shape index (κ3) is 3.06. The topological polar surface area (TPSA) is 88.0 Å². The number of nitrogens with one attached hydrogen (secondary N) is 2. The van der Waals surface area contributed by atoms with Crippen LogP contribution in [0, 0.1) is 6.92 Å². The highest BCUT2D eigenvalue weighted by Gasteiger charge is 2.54. The van der Waals surface area contributed by atoms with Crippen LogP contribution >= 0.6 is 0 Å². The van der Waals surface area contributed by atoms with Gasteiger partial charge < -0.3 is 15.4 Å². The van der Waals surface area contributed by atoms with E-state index in [0.717, 1.165) is 71.4 Å². The van der Waals surface area contributed by atoms with Crippen molar-refractivity contribution < 1.29 is 9.53 Å². The Morgan fingerprint density at radius 1 is 1.26 bits per heavy atom. The summed E-state index contributed by atoms with van der Waals surface area (Å²) < 4.78 is 5.79. The average molecular weight is 456 g/mol. The molecule has 1 unspecified atom stereocenters. The van der Waals surface area contributed by atoms with Crippen molar-refractivity contribution in [3.8, 4) is 11.1 Å². The Hall–Kier alpha value is -3.32. The van der Waals surface area contributed by atoms with Crippen molar-refractivity contribution in [3.63, 3.8) is 0 Å². The van der Waals surface area contributed by atoms with E-state index in [0.29, 0.717) is 6.61 Å². The number of pyridine rings is 1. The van der Waals surface area contributed by atoms with E-state index in [1.54, 1.807) is 0 Å². The first kappa shape index (κ1) is 21.2. The van der Waals surface area contributed by atoms with Crippen LogP contribution in [0.5, 0.6) is 0 Å². The Kier molecular flexibility index (Phi) is 4.92. The van der Waals surface area contributed by atoms with Crippen LogP contribution < -0.4 is 10.6 Å². The van der Waals surface area contributed by atoms with Crippen molar-refractivity contribution in [1.29, 1.82) is 0 Å². The number of hydrogen-bond acceptors (Lipinski definition) is 6. The summed E-state index contributed by atoms with van der Waals surface area (Å²) in [5.74, 6) is -0.0159. The molecular weight excluding hydrogens is 426 g/mol. The number of rotatable bonds is 3. The molecule has 1 spiro atoms. The molecule has 1 aromatic carbocycles. The molecule has 4 aliphatic rings. The van der Waals surface area contributed by atoms with Crippen LogP contribution in [-0.4, -0.2) is 35.8 Å². The first-order chi connectivity index (χ1) is 16.6. The summed E-state index contributed by atoms with van der Waals surface area (Å²) in [5, 5.41) is 15.7. The van der Waals surface area contributed by atoms with Crippen molar-refractivity contribution >= 4 is 5.91 Å². The van der Waals surface area contributed by atoms with E-state index in [4.69, 9.17) is 4.74 Å². The van der Waals surface area contributed by atoms with Gasteiger partial charge in [0.1, 0.15) is 0 Å². The van der Waals surface area contributed by atoms with Crippen LogP contribution in [0.2, 0.25) is 0 Å². The molecule has 4 aliphatic heterocycles. The van der Waals surface area contributed by atoms with E-state index in [1.807, 2.05) is 24.7 Å². The minimum Gasteiger partial charge on any atom is -0.379 e. The predicted octanol–water partition coefficient (Wildman–Crippen LogP) is 4.31. The second-order valence-corrected chi connectivity index (χ2v) is 9.81. The molecule has 7 nitrogen and oxygen atoms in total. The van der Waals surface area contributed by atoms with Crippen LogP contribution in [0.25, 0.3) is 11.1 Å². The summed E-state index contributed by atoms with van der Waals surface area (Å²) >= 11 is 0. The summed E-state index contributed by atoms with van der Waals surface area (Å²) in [6.07, 6.45) is 8.62. The van der Waals surface area contributed by atoms with E-state index < -0.39 is 5.41 Å².